The van der Waals surface area contributed by atoms with Gasteiger partial charge in [-0.3, -0.25) is 0 Å². The quantitative estimate of drug-likeness (QED) is 0.788. The molecule has 0 fully saturated rings. The number of hydrogen-bond donors (Lipinski definition) is 2. The second kappa shape index (κ2) is 4.79. The number of nitrogens with two attached hydrogens (primary N) is 1. The fourth-order valence-corrected chi connectivity index (χ4v) is 2.64. The smallest absolute Gasteiger partial charge is 0.243 e. The van der Waals surface area contributed by atoms with Gasteiger partial charge in [0.1, 0.15) is 10.7 Å². The number of anilines is 1. The van der Waals surface area contributed by atoms with Crippen LogP contribution in [0, 0.1) is 0 Å². The standard InChI is InChI=1S/C11H14N4O2S/c1-15-7-6-13-11(15)8-14-18(16,17)10-5-3-2-4-9(10)12/h2-7,14H,8,12H2,1H3. The molecular weight excluding hydrogens is 252 g/mol. The van der Waals surface area contributed by atoms with Crippen molar-refractivity contribution >= 4 is 15.7 Å². The number of rotatable bonds is 4. The van der Waals surface area contributed by atoms with Gasteiger partial charge in [-0.2, -0.15) is 0 Å². The van der Waals surface area contributed by atoms with E-state index in [4.69, 9.17) is 5.73 Å². The summed E-state index contributed by atoms with van der Waals surface area (Å²) in [7, 11) is -1.81. The van der Waals surface area contributed by atoms with E-state index in [1.165, 1.54) is 6.07 Å². The average molecular weight is 266 g/mol. The summed E-state index contributed by atoms with van der Waals surface area (Å²) in [5, 5.41) is 0. The first-order valence-electron chi connectivity index (χ1n) is 5.31. The minimum absolute atomic E-state index is 0.0826. The molecule has 0 spiro atoms. The molecule has 2 rings (SSSR count). The second-order valence-corrected chi connectivity index (χ2v) is 5.55. The third-order valence-corrected chi connectivity index (χ3v) is 4.02. The van der Waals surface area contributed by atoms with Crippen molar-refractivity contribution in [1.29, 1.82) is 0 Å². The zero-order valence-corrected chi connectivity index (χ0v) is 10.7. The number of nitrogens with zero attached hydrogens (tertiary/aromatic N) is 2. The summed E-state index contributed by atoms with van der Waals surface area (Å²) in [6, 6.07) is 6.34. The molecule has 1 aromatic heterocycles. The van der Waals surface area contributed by atoms with Gasteiger partial charge >= 0.3 is 0 Å². The molecule has 2 aromatic rings. The number of para-hydroxylation sites is 1. The van der Waals surface area contributed by atoms with Crippen LogP contribution in [0.2, 0.25) is 0 Å². The second-order valence-electron chi connectivity index (χ2n) is 3.82. The first-order valence-corrected chi connectivity index (χ1v) is 6.79. The molecule has 96 valence electrons. The van der Waals surface area contributed by atoms with Crippen LogP contribution >= 0.6 is 0 Å². The third kappa shape index (κ3) is 2.52. The third-order valence-electron chi connectivity index (χ3n) is 2.55. The monoisotopic (exact) mass is 266 g/mol. The molecule has 0 unspecified atom stereocenters. The van der Waals surface area contributed by atoms with Crippen LogP contribution in [0.15, 0.2) is 41.6 Å². The normalized spacial score (nSPS) is 11.6. The van der Waals surface area contributed by atoms with Crippen LogP contribution in [0.1, 0.15) is 5.82 Å². The number of aryl methyl sites for hydroxylation is 1. The summed E-state index contributed by atoms with van der Waals surface area (Å²) in [6.45, 7) is 0.125. The maximum absolute atomic E-state index is 12.0. The summed E-state index contributed by atoms with van der Waals surface area (Å²) < 4.78 is 28.3. The topological polar surface area (TPSA) is 90.0 Å². The lowest BCUT2D eigenvalue weighted by atomic mass is 10.3. The average Bonchev–Trinajstić information content (AvgIpc) is 2.73. The highest BCUT2D eigenvalue weighted by atomic mass is 32.2. The Morgan fingerprint density at radius 2 is 2.11 bits per heavy atom. The fourth-order valence-electron chi connectivity index (χ4n) is 1.53. The summed E-state index contributed by atoms with van der Waals surface area (Å²) in [5.41, 5.74) is 5.87. The number of nitrogen functional groups attached to an aromatic ring is 1. The number of sulfonamides is 1. The van der Waals surface area contributed by atoms with Gasteiger partial charge in [0.05, 0.1) is 12.2 Å². The van der Waals surface area contributed by atoms with Crippen molar-refractivity contribution in [2.24, 2.45) is 7.05 Å². The highest BCUT2D eigenvalue weighted by molar-refractivity contribution is 7.89. The van der Waals surface area contributed by atoms with Crippen molar-refractivity contribution in [3.8, 4) is 0 Å². The Hall–Kier alpha value is -1.86. The van der Waals surface area contributed by atoms with Gasteiger partial charge in [-0.15, -0.1) is 0 Å². The van der Waals surface area contributed by atoms with Gasteiger partial charge in [-0.25, -0.2) is 18.1 Å². The molecular formula is C11H14N4O2S. The zero-order chi connectivity index (χ0) is 13.2. The van der Waals surface area contributed by atoms with E-state index < -0.39 is 10.0 Å². The van der Waals surface area contributed by atoms with Crippen molar-refractivity contribution in [2.75, 3.05) is 5.73 Å². The van der Waals surface area contributed by atoms with Crippen LogP contribution in [0.3, 0.4) is 0 Å². The predicted octanol–water partition coefficient (Wildman–Crippen LogP) is 0.481. The Morgan fingerprint density at radius 1 is 1.39 bits per heavy atom. The lowest BCUT2D eigenvalue weighted by Gasteiger charge is -2.08. The van der Waals surface area contributed by atoms with E-state index in [0.717, 1.165) is 0 Å². The SMILES string of the molecule is Cn1ccnc1CNS(=O)(=O)c1ccccc1N. The molecule has 0 aliphatic rings. The van der Waals surface area contributed by atoms with Crippen molar-refractivity contribution < 1.29 is 8.42 Å². The fraction of sp³-hybridized carbons (Fsp3) is 0.182. The summed E-state index contributed by atoms with van der Waals surface area (Å²) in [6.07, 6.45) is 3.36. The Kier molecular flexibility index (Phi) is 3.35. The summed E-state index contributed by atoms with van der Waals surface area (Å²) in [4.78, 5) is 4.12. The number of hydrogen-bond acceptors (Lipinski definition) is 4. The molecule has 0 aliphatic carbocycles. The molecule has 1 aromatic carbocycles. The molecule has 18 heavy (non-hydrogen) atoms. The first kappa shape index (κ1) is 12.6. The minimum atomic E-state index is -3.61. The molecule has 1 heterocycles. The van der Waals surface area contributed by atoms with Crippen LogP contribution < -0.4 is 10.5 Å². The van der Waals surface area contributed by atoms with Gasteiger partial charge in [0, 0.05) is 19.4 Å². The molecule has 0 atom stereocenters. The number of benzene rings is 1. The lowest BCUT2D eigenvalue weighted by Crippen LogP contribution is -2.25. The Balaban J connectivity index is 2.19. The van der Waals surface area contributed by atoms with Crippen molar-refractivity contribution in [2.45, 2.75) is 11.4 Å². The molecule has 0 saturated carbocycles. The highest BCUT2D eigenvalue weighted by Gasteiger charge is 2.17. The number of imidazole rings is 1. The molecule has 0 bridgehead atoms. The zero-order valence-electron chi connectivity index (χ0n) is 9.87. The van der Waals surface area contributed by atoms with Crippen LogP contribution in [-0.4, -0.2) is 18.0 Å². The largest absolute Gasteiger partial charge is 0.398 e. The van der Waals surface area contributed by atoms with Gasteiger partial charge in [0.15, 0.2) is 0 Å². The highest BCUT2D eigenvalue weighted by Crippen LogP contribution is 2.16. The van der Waals surface area contributed by atoms with Gasteiger partial charge in [-0.1, -0.05) is 12.1 Å². The van der Waals surface area contributed by atoms with E-state index in [1.54, 1.807) is 42.2 Å². The Labute approximate surface area is 106 Å². The van der Waals surface area contributed by atoms with Crippen molar-refractivity contribution in [3.05, 3.63) is 42.5 Å². The summed E-state index contributed by atoms with van der Waals surface area (Å²) in [5.74, 6) is 0.632. The Bertz CT molecular complexity index is 649. The van der Waals surface area contributed by atoms with Crippen molar-refractivity contribution in [1.82, 2.24) is 14.3 Å². The number of nitrogens with one attached hydrogen (secondary N) is 1. The van der Waals surface area contributed by atoms with Crippen LogP contribution in [0.25, 0.3) is 0 Å². The van der Waals surface area contributed by atoms with Gasteiger partial charge in [0.2, 0.25) is 10.0 Å². The van der Waals surface area contributed by atoms with Gasteiger partial charge in [0.25, 0.3) is 0 Å². The maximum atomic E-state index is 12.0. The molecule has 0 amide bonds. The van der Waals surface area contributed by atoms with Gasteiger partial charge in [-0.05, 0) is 12.1 Å². The maximum Gasteiger partial charge on any atom is 0.243 e. The van der Waals surface area contributed by atoms with E-state index in [9.17, 15) is 8.42 Å². The predicted molar refractivity (Wildman–Crippen MR) is 68.1 cm³/mol. The van der Waals surface area contributed by atoms with Crippen LogP contribution in [0.5, 0.6) is 0 Å². The van der Waals surface area contributed by atoms with Crippen LogP contribution in [0.4, 0.5) is 5.69 Å². The first-order chi connectivity index (χ1) is 8.50. The van der Waals surface area contributed by atoms with E-state index in [1.807, 2.05) is 0 Å². The number of aromatic nitrogens is 2. The van der Waals surface area contributed by atoms with Crippen LogP contribution in [-0.2, 0) is 23.6 Å². The molecule has 0 radical (unpaired) electrons. The molecule has 7 heteroatoms. The lowest BCUT2D eigenvalue weighted by molar-refractivity contribution is 0.578. The molecule has 0 aliphatic heterocycles. The van der Waals surface area contributed by atoms with Crippen molar-refractivity contribution in [3.63, 3.8) is 0 Å². The van der Waals surface area contributed by atoms with E-state index >= 15 is 0 Å². The summed E-state index contributed by atoms with van der Waals surface area (Å²) >= 11 is 0. The Morgan fingerprint density at radius 3 is 2.72 bits per heavy atom. The van der Waals surface area contributed by atoms with E-state index in [2.05, 4.69) is 9.71 Å². The van der Waals surface area contributed by atoms with Gasteiger partial charge < -0.3 is 10.3 Å². The van der Waals surface area contributed by atoms with E-state index in [-0.39, 0.29) is 17.1 Å². The van der Waals surface area contributed by atoms with E-state index in [0.29, 0.717) is 5.82 Å². The molecule has 0 saturated heterocycles. The minimum Gasteiger partial charge on any atom is -0.398 e. The molecule has 6 nitrogen and oxygen atoms in total. The molecule has 3 N–H and O–H groups in total.